The summed E-state index contributed by atoms with van der Waals surface area (Å²) in [5, 5.41) is 7.21. The Morgan fingerprint density at radius 2 is 1.92 bits per heavy atom. The molecule has 3 nitrogen and oxygen atoms in total. The molecule has 1 aliphatic rings. The summed E-state index contributed by atoms with van der Waals surface area (Å²) in [6, 6.07) is 21.9. The van der Waals surface area contributed by atoms with Crippen LogP contribution >= 0.6 is 34.4 Å². The van der Waals surface area contributed by atoms with Crippen molar-refractivity contribution in [3.8, 4) is 5.75 Å². The van der Waals surface area contributed by atoms with Crippen molar-refractivity contribution in [2.24, 2.45) is 7.05 Å². The number of thioether (sulfide) groups is 1. The van der Waals surface area contributed by atoms with E-state index < -0.39 is 0 Å². The Kier molecular flexibility index (Phi) is 7.68. The van der Waals surface area contributed by atoms with Gasteiger partial charge in [-0.3, -0.25) is 0 Å². The number of ether oxygens (including phenoxy) is 1. The van der Waals surface area contributed by atoms with Crippen LogP contribution in [0.3, 0.4) is 0 Å². The number of rotatable bonds is 5. The lowest BCUT2D eigenvalue weighted by atomic mass is 10.1. The Balaban J connectivity index is 0.00000280. The second-order valence-electron chi connectivity index (χ2n) is 8.83. The molecule has 37 heavy (non-hydrogen) atoms. The van der Waals surface area contributed by atoms with E-state index in [2.05, 4.69) is 109 Å². The summed E-state index contributed by atoms with van der Waals surface area (Å²) >= 11 is 5.45. The molecule has 0 spiro atoms. The second-order valence-corrected chi connectivity index (χ2v) is 11.9. The molecule has 0 unspecified atom stereocenters. The first kappa shape index (κ1) is 26.3. The molecular weight excluding hydrogens is 627 g/mol. The van der Waals surface area contributed by atoms with E-state index in [1.165, 1.54) is 52.1 Å². The van der Waals surface area contributed by atoms with E-state index in [0.29, 0.717) is 0 Å². The van der Waals surface area contributed by atoms with Gasteiger partial charge in [-0.1, -0.05) is 53.4 Å². The molecule has 0 N–H and O–H groups in total. The van der Waals surface area contributed by atoms with Gasteiger partial charge in [0.05, 0.1) is 23.2 Å². The van der Waals surface area contributed by atoms with E-state index in [1.807, 2.05) is 23.1 Å². The van der Waals surface area contributed by atoms with Crippen LogP contribution in [0.4, 0.5) is 5.69 Å². The Hall–Kier alpha value is -2.33. The number of fused-ring (bicyclic) bond motifs is 4. The van der Waals surface area contributed by atoms with Gasteiger partial charge in [0.2, 0.25) is 5.52 Å². The van der Waals surface area contributed by atoms with Gasteiger partial charge in [0.1, 0.15) is 17.5 Å². The minimum atomic E-state index is 0. The minimum absolute atomic E-state index is 0. The molecule has 0 saturated heterocycles. The van der Waals surface area contributed by atoms with Gasteiger partial charge in [0.15, 0.2) is 0 Å². The maximum Gasteiger partial charge on any atom is 0.263 e. The summed E-state index contributed by atoms with van der Waals surface area (Å²) in [4.78, 5) is 4.92. The number of methoxy groups -OCH3 is 1. The number of halogens is 1. The van der Waals surface area contributed by atoms with Gasteiger partial charge in [-0.15, -0.1) is 11.3 Å². The average Bonchev–Trinajstić information content (AvgIpc) is 3.61. The van der Waals surface area contributed by atoms with Gasteiger partial charge >= 0.3 is 0 Å². The van der Waals surface area contributed by atoms with Crippen LogP contribution in [-0.4, -0.2) is 13.7 Å². The maximum absolute atomic E-state index is 5.60. The Morgan fingerprint density at radius 1 is 1.08 bits per heavy atom. The van der Waals surface area contributed by atoms with Crippen LogP contribution in [0, 0.1) is 6.92 Å². The summed E-state index contributed by atoms with van der Waals surface area (Å²) in [5.41, 5.74) is 4.95. The van der Waals surface area contributed by atoms with Crippen LogP contribution in [0.2, 0.25) is 0 Å². The molecule has 0 amide bonds. The lowest BCUT2D eigenvalue weighted by Gasteiger charge is -2.19. The minimum Gasteiger partial charge on any atom is -1.00 e. The number of aromatic nitrogens is 1. The highest BCUT2D eigenvalue weighted by Crippen LogP contribution is 2.49. The summed E-state index contributed by atoms with van der Waals surface area (Å²) in [5.74, 6) is 0.942. The zero-order valence-corrected chi connectivity index (χ0v) is 25.7. The highest BCUT2D eigenvalue weighted by molar-refractivity contribution is 8.03. The zero-order valence-electron chi connectivity index (χ0n) is 21.1. The Labute approximate surface area is 247 Å². The fraction of sp³-hybridized carbons (Fsp3) is 0.167. The first-order chi connectivity index (χ1) is 17.6. The molecule has 0 atom stereocenters. The predicted octanol–water partition coefficient (Wildman–Crippen LogP) is 5.28. The van der Waals surface area contributed by atoms with Crippen LogP contribution in [0.1, 0.15) is 22.4 Å². The number of hydrogen-bond donors (Lipinski definition) is 0. The van der Waals surface area contributed by atoms with Crippen molar-refractivity contribution in [1.29, 1.82) is 0 Å². The number of nitrogens with zero attached hydrogens (tertiary/aromatic N) is 2. The standard InChI is InChI=1S/C30H27N2OS3.HI/c1-5-32-23-15-19(2)24(33-4)18-27(23)36-29(32)17-21(25-11-8-14-34-25)16-28-31(3)30-22-10-7-6-9-20(22)12-13-26(30)35-28;/h6-18H,5H2,1-4H3;1H/q+1;/p-1. The van der Waals surface area contributed by atoms with E-state index in [4.69, 9.17) is 4.74 Å². The van der Waals surface area contributed by atoms with Crippen molar-refractivity contribution in [2.75, 3.05) is 18.6 Å². The Morgan fingerprint density at radius 3 is 2.68 bits per heavy atom. The van der Waals surface area contributed by atoms with Gasteiger partial charge in [-0.25, -0.2) is 0 Å². The molecular formula is C30H27IN2OS3. The third kappa shape index (κ3) is 4.71. The van der Waals surface area contributed by atoms with E-state index in [9.17, 15) is 0 Å². The van der Waals surface area contributed by atoms with E-state index in [-0.39, 0.29) is 24.0 Å². The molecule has 3 heterocycles. The second kappa shape index (κ2) is 10.8. The Bertz CT molecular complexity index is 1670. The normalized spacial score (nSPS) is 14.4. The number of anilines is 1. The third-order valence-electron chi connectivity index (χ3n) is 6.67. The number of allylic oxidation sites excluding steroid dienone is 2. The third-order valence-corrected chi connectivity index (χ3v) is 9.84. The number of thiophene rings is 1. The fourth-order valence-corrected chi connectivity index (χ4v) is 7.88. The quantitative estimate of drug-likeness (QED) is 0.190. The van der Waals surface area contributed by atoms with Crippen LogP contribution in [-0.2, 0) is 7.05 Å². The molecule has 0 fully saturated rings. The van der Waals surface area contributed by atoms with Crippen LogP contribution < -0.4 is 38.2 Å². The smallest absolute Gasteiger partial charge is 0.263 e. The largest absolute Gasteiger partial charge is 1.00 e. The SMILES string of the molecule is CCN1/C(=C/C(=C/c2sc3ccc4ccccc4c3[n+]2C)c2cccs2)Sc2cc(OC)c(C)cc21.[I-]. The molecule has 2 aromatic heterocycles. The molecule has 3 aromatic carbocycles. The van der Waals surface area contributed by atoms with Gasteiger partial charge in [0.25, 0.3) is 5.01 Å². The highest BCUT2D eigenvalue weighted by Gasteiger charge is 2.26. The predicted molar refractivity (Wildman–Crippen MR) is 157 cm³/mol. The number of hydrogen-bond acceptors (Lipinski definition) is 5. The van der Waals surface area contributed by atoms with E-state index in [0.717, 1.165) is 17.9 Å². The molecule has 7 heteroatoms. The molecule has 1 aliphatic heterocycles. The number of thiazole rings is 1. The lowest BCUT2D eigenvalue weighted by Crippen LogP contribution is -3.00. The molecule has 6 rings (SSSR count). The van der Waals surface area contributed by atoms with Gasteiger partial charge < -0.3 is 33.6 Å². The first-order valence-corrected chi connectivity index (χ1v) is 14.5. The molecule has 188 valence electrons. The lowest BCUT2D eigenvalue weighted by molar-refractivity contribution is -0.641. The maximum atomic E-state index is 5.60. The first-order valence-electron chi connectivity index (χ1n) is 12.0. The van der Waals surface area contributed by atoms with Gasteiger partial charge in [-0.05, 0) is 66.6 Å². The molecule has 0 aliphatic carbocycles. The van der Waals surface area contributed by atoms with Gasteiger partial charge in [-0.2, -0.15) is 4.57 Å². The van der Waals surface area contributed by atoms with E-state index in [1.54, 1.807) is 18.4 Å². The molecule has 0 bridgehead atoms. The zero-order chi connectivity index (χ0) is 24.8. The summed E-state index contributed by atoms with van der Waals surface area (Å²) in [6.45, 7) is 5.24. The van der Waals surface area contributed by atoms with Crippen molar-refractivity contribution in [3.05, 3.63) is 92.6 Å². The summed E-state index contributed by atoms with van der Waals surface area (Å²) < 4.78 is 9.25. The fourth-order valence-electron chi connectivity index (χ4n) is 4.86. The van der Waals surface area contributed by atoms with Crippen molar-refractivity contribution >= 4 is 72.8 Å². The average molecular weight is 655 g/mol. The topological polar surface area (TPSA) is 16.4 Å². The van der Waals surface area contributed by atoms with Crippen molar-refractivity contribution < 1.29 is 33.3 Å². The van der Waals surface area contributed by atoms with Crippen molar-refractivity contribution in [3.63, 3.8) is 0 Å². The van der Waals surface area contributed by atoms with Crippen molar-refractivity contribution in [1.82, 2.24) is 0 Å². The van der Waals surface area contributed by atoms with Crippen LogP contribution in [0.5, 0.6) is 5.75 Å². The molecule has 0 radical (unpaired) electrons. The highest BCUT2D eigenvalue weighted by atomic mass is 127. The van der Waals surface area contributed by atoms with Crippen LogP contribution in [0.15, 0.2) is 82.0 Å². The summed E-state index contributed by atoms with van der Waals surface area (Å²) in [6.07, 6.45) is 4.70. The molecule has 0 saturated carbocycles. The van der Waals surface area contributed by atoms with E-state index >= 15 is 0 Å². The molecule has 5 aromatic rings. The van der Waals surface area contributed by atoms with Gasteiger partial charge in [0, 0.05) is 28.0 Å². The number of benzene rings is 3. The monoisotopic (exact) mass is 654 g/mol. The number of aryl methyl sites for hydroxylation is 2. The van der Waals surface area contributed by atoms with Crippen molar-refractivity contribution in [2.45, 2.75) is 18.7 Å². The van der Waals surface area contributed by atoms with Crippen LogP contribution in [0.25, 0.3) is 32.6 Å². The summed E-state index contributed by atoms with van der Waals surface area (Å²) in [7, 11) is 3.93.